The van der Waals surface area contributed by atoms with Crippen molar-refractivity contribution in [2.24, 2.45) is 5.73 Å². The van der Waals surface area contributed by atoms with E-state index in [0.717, 1.165) is 22.2 Å². The molecule has 1 aromatic rings. The van der Waals surface area contributed by atoms with E-state index in [1.165, 1.54) is 11.3 Å². The van der Waals surface area contributed by atoms with Gasteiger partial charge in [0.15, 0.2) is 0 Å². The molecule has 0 amide bonds. The van der Waals surface area contributed by atoms with Crippen LogP contribution in [0.15, 0.2) is 12.1 Å². The number of hydrogen-bond acceptors (Lipinski definition) is 4. The van der Waals surface area contributed by atoms with E-state index in [0.29, 0.717) is 19.8 Å². The van der Waals surface area contributed by atoms with Gasteiger partial charge in [0.2, 0.25) is 0 Å². The molecule has 16 heavy (non-hydrogen) atoms. The molecule has 1 atom stereocenters. The standard InChI is InChI=1S/C11H18ClNO2S/c1-2-5-14-6-7-15-9(8-13)10-3-4-11(12)16-10/h3-4,9H,2,5-8,13H2,1H3. The molecule has 0 saturated carbocycles. The minimum absolute atomic E-state index is 0.0669. The maximum Gasteiger partial charge on any atom is 0.104 e. The van der Waals surface area contributed by atoms with Gasteiger partial charge in [-0.15, -0.1) is 11.3 Å². The first-order valence-electron chi connectivity index (χ1n) is 5.42. The van der Waals surface area contributed by atoms with Gasteiger partial charge in [0.1, 0.15) is 6.10 Å². The molecule has 1 heterocycles. The third-order valence-corrected chi connectivity index (χ3v) is 3.34. The van der Waals surface area contributed by atoms with Crippen molar-refractivity contribution in [3.8, 4) is 0 Å². The Morgan fingerprint density at radius 2 is 2.19 bits per heavy atom. The average Bonchev–Trinajstić information content (AvgIpc) is 2.70. The van der Waals surface area contributed by atoms with Crippen molar-refractivity contribution in [1.82, 2.24) is 0 Å². The molecule has 0 aromatic carbocycles. The predicted octanol–water partition coefficient (Wildman–Crippen LogP) is 2.84. The van der Waals surface area contributed by atoms with Gasteiger partial charge in [-0.25, -0.2) is 0 Å². The molecule has 0 aliphatic heterocycles. The highest BCUT2D eigenvalue weighted by atomic mass is 35.5. The van der Waals surface area contributed by atoms with Crippen LogP contribution in [0.1, 0.15) is 24.3 Å². The summed E-state index contributed by atoms with van der Waals surface area (Å²) in [6, 6.07) is 3.82. The molecule has 0 spiro atoms. The summed E-state index contributed by atoms with van der Waals surface area (Å²) in [7, 11) is 0. The minimum Gasteiger partial charge on any atom is -0.379 e. The zero-order valence-corrected chi connectivity index (χ0v) is 11.0. The molecule has 0 aliphatic rings. The van der Waals surface area contributed by atoms with Crippen molar-refractivity contribution in [3.05, 3.63) is 21.3 Å². The second-order valence-electron chi connectivity index (χ2n) is 3.35. The summed E-state index contributed by atoms with van der Waals surface area (Å²) in [5.41, 5.74) is 5.65. The number of hydrogen-bond donors (Lipinski definition) is 1. The average molecular weight is 264 g/mol. The molecule has 0 fully saturated rings. The monoisotopic (exact) mass is 263 g/mol. The summed E-state index contributed by atoms with van der Waals surface area (Å²) in [5, 5.41) is 0. The van der Waals surface area contributed by atoms with Crippen LogP contribution in [0.4, 0.5) is 0 Å². The highest BCUT2D eigenvalue weighted by molar-refractivity contribution is 7.16. The summed E-state index contributed by atoms with van der Waals surface area (Å²) in [4.78, 5) is 1.07. The zero-order valence-electron chi connectivity index (χ0n) is 9.45. The fourth-order valence-electron chi connectivity index (χ4n) is 1.26. The van der Waals surface area contributed by atoms with E-state index in [9.17, 15) is 0 Å². The van der Waals surface area contributed by atoms with E-state index >= 15 is 0 Å². The van der Waals surface area contributed by atoms with Crippen LogP contribution in [-0.4, -0.2) is 26.4 Å². The summed E-state index contributed by atoms with van der Waals surface area (Å²) < 4.78 is 11.7. The Kier molecular flexibility index (Phi) is 7.00. The predicted molar refractivity (Wildman–Crippen MR) is 68.2 cm³/mol. The number of thiophene rings is 1. The Morgan fingerprint density at radius 1 is 1.38 bits per heavy atom. The van der Waals surface area contributed by atoms with Crippen LogP contribution in [0.5, 0.6) is 0 Å². The van der Waals surface area contributed by atoms with Gasteiger partial charge in [-0.3, -0.25) is 0 Å². The van der Waals surface area contributed by atoms with Gasteiger partial charge in [0, 0.05) is 18.0 Å². The van der Waals surface area contributed by atoms with Gasteiger partial charge in [-0.05, 0) is 18.6 Å². The Morgan fingerprint density at radius 3 is 2.75 bits per heavy atom. The molecule has 3 nitrogen and oxygen atoms in total. The molecule has 1 aromatic heterocycles. The molecule has 1 unspecified atom stereocenters. The molecule has 0 aliphatic carbocycles. The third-order valence-electron chi connectivity index (χ3n) is 2.02. The lowest BCUT2D eigenvalue weighted by molar-refractivity contribution is 0.00907. The van der Waals surface area contributed by atoms with E-state index in [1.54, 1.807) is 0 Å². The van der Waals surface area contributed by atoms with Crippen LogP contribution in [0.2, 0.25) is 4.34 Å². The first-order chi connectivity index (χ1) is 7.77. The van der Waals surface area contributed by atoms with Crippen LogP contribution < -0.4 is 5.73 Å². The largest absolute Gasteiger partial charge is 0.379 e. The summed E-state index contributed by atoms with van der Waals surface area (Å²) in [5.74, 6) is 0. The highest BCUT2D eigenvalue weighted by Crippen LogP contribution is 2.28. The van der Waals surface area contributed by atoms with Crippen LogP contribution in [0.3, 0.4) is 0 Å². The van der Waals surface area contributed by atoms with Crippen molar-refractivity contribution >= 4 is 22.9 Å². The maximum atomic E-state index is 5.86. The second kappa shape index (κ2) is 8.03. The quantitative estimate of drug-likeness (QED) is 0.734. The maximum absolute atomic E-state index is 5.86. The lowest BCUT2D eigenvalue weighted by Crippen LogP contribution is -2.17. The van der Waals surface area contributed by atoms with Gasteiger partial charge in [-0.2, -0.15) is 0 Å². The fourth-order valence-corrected chi connectivity index (χ4v) is 2.39. The fraction of sp³-hybridized carbons (Fsp3) is 0.636. The Bertz CT molecular complexity index is 293. The van der Waals surface area contributed by atoms with Gasteiger partial charge < -0.3 is 15.2 Å². The van der Waals surface area contributed by atoms with Crippen molar-refractivity contribution in [1.29, 1.82) is 0 Å². The van der Waals surface area contributed by atoms with E-state index in [4.69, 9.17) is 26.8 Å². The molecule has 5 heteroatoms. The van der Waals surface area contributed by atoms with Crippen molar-refractivity contribution in [2.75, 3.05) is 26.4 Å². The summed E-state index contributed by atoms with van der Waals surface area (Å²) in [6.07, 6.45) is 0.962. The third kappa shape index (κ3) is 4.80. The van der Waals surface area contributed by atoms with Crippen LogP contribution in [-0.2, 0) is 9.47 Å². The second-order valence-corrected chi connectivity index (χ2v) is 5.10. The topological polar surface area (TPSA) is 44.5 Å². The normalized spacial score (nSPS) is 12.9. The molecule has 2 N–H and O–H groups in total. The van der Waals surface area contributed by atoms with E-state index in [-0.39, 0.29) is 6.10 Å². The van der Waals surface area contributed by atoms with Crippen molar-refractivity contribution in [3.63, 3.8) is 0 Å². The molecular weight excluding hydrogens is 246 g/mol. The van der Waals surface area contributed by atoms with Crippen LogP contribution in [0, 0.1) is 0 Å². The van der Waals surface area contributed by atoms with E-state index in [2.05, 4.69) is 6.92 Å². The first kappa shape index (κ1) is 13.9. The first-order valence-corrected chi connectivity index (χ1v) is 6.62. The molecule has 0 radical (unpaired) electrons. The summed E-state index contributed by atoms with van der Waals surface area (Å²) >= 11 is 7.37. The number of nitrogens with two attached hydrogens (primary N) is 1. The van der Waals surface area contributed by atoms with Crippen LogP contribution in [0.25, 0.3) is 0 Å². The van der Waals surface area contributed by atoms with Gasteiger partial charge in [0.05, 0.1) is 17.6 Å². The smallest absolute Gasteiger partial charge is 0.104 e. The van der Waals surface area contributed by atoms with Crippen molar-refractivity contribution in [2.45, 2.75) is 19.4 Å². The lowest BCUT2D eigenvalue weighted by Gasteiger charge is -2.14. The van der Waals surface area contributed by atoms with Gasteiger partial charge >= 0.3 is 0 Å². The highest BCUT2D eigenvalue weighted by Gasteiger charge is 2.12. The van der Waals surface area contributed by atoms with Gasteiger partial charge in [0.25, 0.3) is 0 Å². The number of ether oxygens (including phenoxy) is 2. The lowest BCUT2D eigenvalue weighted by atomic mass is 10.3. The SMILES string of the molecule is CCCOCCOC(CN)c1ccc(Cl)s1. The van der Waals surface area contributed by atoms with Gasteiger partial charge in [-0.1, -0.05) is 18.5 Å². The summed E-state index contributed by atoms with van der Waals surface area (Å²) in [6.45, 7) is 4.50. The van der Waals surface area contributed by atoms with E-state index in [1.807, 2.05) is 12.1 Å². The minimum atomic E-state index is -0.0669. The number of rotatable bonds is 8. The molecule has 92 valence electrons. The van der Waals surface area contributed by atoms with E-state index < -0.39 is 0 Å². The Hall–Kier alpha value is -0.130. The molecular formula is C11H18ClNO2S. The zero-order chi connectivity index (χ0) is 11.8. The Balaban J connectivity index is 2.27. The van der Waals surface area contributed by atoms with Crippen molar-refractivity contribution < 1.29 is 9.47 Å². The molecule has 0 saturated heterocycles. The van der Waals surface area contributed by atoms with Crippen LogP contribution >= 0.6 is 22.9 Å². The Labute approximate surface area is 105 Å². The molecule has 1 rings (SSSR count). The number of halogens is 1. The molecule has 0 bridgehead atoms.